The van der Waals surface area contributed by atoms with Gasteiger partial charge in [0.05, 0.1) is 6.42 Å². The first-order chi connectivity index (χ1) is 13.7. The summed E-state index contributed by atoms with van der Waals surface area (Å²) in [7, 11) is 0. The van der Waals surface area contributed by atoms with Gasteiger partial charge in [-0.05, 0) is 57.5 Å². The standard InChI is InChI=1S/C23H36N4O/c1-3-8-22(27-16-7-9-20(2)19-27)24-13-10-23(28)26-17-11-21(12-18-26)25-14-5-4-6-15-25/h1,8,13,20-21H,4-7,9-12,14-19H2,2H3/b22-8+,24-13?. The van der Waals surface area contributed by atoms with Crippen LogP contribution in [0, 0.1) is 18.3 Å². The van der Waals surface area contributed by atoms with Gasteiger partial charge in [-0.3, -0.25) is 4.79 Å². The Morgan fingerprint density at radius 2 is 1.79 bits per heavy atom. The highest BCUT2D eigenvalue weighted by molar-refractivity contribution is 5.90. The maximum atomic E-state index is 12.6. The molecule has 3 rings (SSSR count). The summed E-state index contributed by atoms with van der Waals surface area (Å²) in [5.74, 6) is 4.27. The van der Waals surface area contributed by atoms with E-state index in [-0.39, 0.29) is 5.91 Å². The van der Waals surface area contributed by atoms with Crippen LogP contribution in [0.25, 0.3) is 0 Å². The Bertz CT molecular complexity index is 607. The average molecular weight is 385 g/mol. The molecule has 1 atom stereocenters. The summed E-state index contributed by atoms with van der Waals surface area (Å²) in [6.07, 6.45) is 18.0. The van der Waals surface area contributed by atoms with Gasteiger partial charge in [0.15, 0.2) is 0 Å². The summed E-state index contributed by atoms with van der Waals surface area (Å²) in [4.78, 5) is 24.1. The van der Waals surface area contributed by atoms with Gasteiger partial charge in [-0.2, -0.15) is 0 Å². The molecule has 0 radical (unpaired) electrons. The number of allylic oxidation sites excluding steroid dienone is 1. The molecular formula is C23H36N4O. The lowest BCUT2D eigenvalue weighted by molar-refractivity contribution is -0.131. The van der Waals surface area contributed by atoms with E-state index in [0.717, 1.165) is 44.8 Å². The zero-order valence-electron chi connectivity index (χ0n) is 17.5. The van der Waals surface area contributed by atoms with Crippen molar-refractivity contribution >= 4 is 12.1 Å². The number of piperidine rings is 3. The zero-order chi connectivity index (χ0) is 19.8. The van der Waals surface area contributed by atoms with Crippen molar-refractivity contribution in [3.8, 4) is 12.3 Å². The smallest absolute Gasteiger partial charge is 0.227 e. The second-order valence-electron chi connectivity index (χ2n) is 8.59. The maximum absolute atomic E-state index is 12.6. The summed E-state index contributed by atoms with van der Waals surface area (Å²) >= 11 is 0. The third-order valence-electron chi connectivity index (χ3n) is 6.41. The van der Waals surface area contributed by atoms with E-state index in [2.05, 4.69) is 27.6 Å². The van der Waals surface area contributed by atoms with Gasteiger partial charge in [0.25, 0.3) is 0 Å². The monoisotopic (exact) mass is 384 g/mol. The summed E-state index contributed by atoms with van der Waals surface area (Å²) in [5.41, 5.74) is 0. The fourth-order valence-electron chi connectivity index (χ4n) is 4.79. The van der Waals surface area contributed by atoms with Crippen molar-refractivity contribution < 1.29 is 4.79 Å². The molecule has 0 aromatic heterocycles. The topological polar surface area (TPSA) is 39.2 Å². The third kappa shape index (κ3) is 5.85. The van der Waals surface area contributed by atoms with Gasteiger partial charge in [0.1, 0.15) is 5.82 Å². The normalized spacial score (nSPS) is 25.9. The molecule has 0 saturated carbocycles. The van der Waals surface area contributed by atoms with Crippen LogP contribution in [0.5, 0.6) is 0 Å². The van der Waals surface area contributed by atoms with Crippen LogP contribution in [0.15, 0.2) is 16.9 Å². The summed E-state index contributed by atoms with van der Waals surface area (Å²) < 4.78 is 0. The maximum Gasteiger partial charge on any atom is 0.227 e. The first-order valence-corrected chi connectivity index (χ1v) is 11.1. The van der Waals surface area contributed by atoms with Crippen LogP contribution in [0.1, 0.15) is 58.3 Å². The molecule has 154 valence electrons. The van der Waals surface area contributed by atoms with Crippen LogP contribution in [-0.4, -0.2) is 72.1 Å². The molecule has 0 aliphatic carbocycles. The predicted molar refractivity (Wildman–Crippen MR) is 115 cm³/mol. The fourth-order valence-corrected chi connectivity index (χ4v) is 4.79. The van der Waals surface area contributed by atoms with E-state index in [1.54, 1.807) is 12.3 Å². The van der Waals surface area contributed by atoms with Crippen molar-refractivity contribution in [3.05, 3.63) is 11.9 Å². The number of hydrogen-bond donors (Lipinski definition) is 0. The number of rotatable bonds is 5. The summed E-state index contributed by atoms with van der Waals surface area (Å²) in [6.45, 7) is 8.49. The van der Waals surface area contributed by atoms with Crippen molar-refractivity contribution in [3.63, 3.8) is 0 Å². The molecule has 3 fully saturated rings. The Morgan fingerprint density at radius 3 is 2.46 bits per heavy atom. The van der Waals surface area contributed by atoms with Crippen molar-refractivity contribution in [2.24, 2.45) is 10.9 Å². The van der Waals surface area contributed by atoms with Gasteiger partial charge in [-0.1, -0.05) is 19.3 Å². The SMILES string of the molecule is C#C/C=C(\N=CCC(=O)N1CCC(N2CCCCC2)CC1)N1CCCC(C)C1. The van der Waals surface area contributed by atoms with E-state index in [4.69, 9.17) is 6.42 Å². The number of hydrogen-bond acceptors (Lipinski definition) is 4. The first kappa shape index (κ1) is 20.9. The van der Waals surface area contributed by atoms with Crippen LogP contribution in [0.3, 0.4) is 0 Å². The van der Waals surface area contributed by atoms with E-state index >= 15 is 0 Å². The number of nitrogens with zero attached hydrogens (tertiary/aromatic N) is 4. The Balaban J connectivity index is 1.45. The van der Waals surface area contributed by atoms with Crippen molar-refractivity contribution in [1.82, 2.24) is 14.7 Å². The first-order valence-electron chi connectivity index (χ1n) is 11.1. The lowest BCUT2D eigenvalue weighted by atomic mass is 10.00. The van der Waals surface area contributed by atoms with Gasteiger partial charge in [-0.15, -0.1) is 6.42 Å². The van der Waals surface area contributed by atoms with Gasteiger partial charge < -0.3 is 14.7 Å². The highest BCUT2D eigenvalue weighted by atomic mass is 16.2. The second kappa shape index (κ2) is 10.7. The van der Waals surface area contributed by atoms with Crippen LogP contribution in [0.4, 0.5) is 0 Å². The van der Waals surface area contributed by atoms with E-state index in [1.807, 2.05) is 4.90 Å². The Morgan fingerprint density at radius 1 is 1.04 bits per heavy atom. The lowest BCUT2D eigenvalue weighted by Crippen LogP contribution is -2.48. The van der Waals surface area contributed by atoms with Gasteiger partial charge in [-0.25, -0.2) is 4.99 Å². The molecule has 0 N–H and O–H groups in total. The highest BCUT2D eigenvalue weighted by Gasteiger charge is 2.27. The third-order valence-corrected chi connectivity index (χ3v) is 6.41. The molecule has 3 aliphatic heterocycles. The molecule has 0 bridgehead atoms. The molecule has 5 nitrogen and oxygen atoms in total. The molecular weight excluding hydrogens is 348 g/mol. The minimum atomic E-state index is 0.188. The minimum absolute atomic E-state index is 0.188. The Hall–Kier alpha value is -1.80. The highest BCUT2D eigenvalue weighted by Crippen LogP contribution is 2.22. The lowest BCUT2D eigenvalue weighted by Gasteiger charge is -2.40. The number of carbonyl (C=O) groups is 1. The molecule has 0 spiro atoms. The quantitative estimate of drug-likeness (QED) is 0.540. The zero-order valence-corrected chi connectivity index (χ0v) is 17.5. The summed E-state index contributed by atoms with van der Waals surface area (Å²) in [6, 6.07) is 0.671. The average Bonchev–Trinajstić information content (AvgIpc) is 2.74. The van der Waals surface area contributed by atoms with Crippen molar-refractivity contribution in [1.29, 1.82) is 0 Å². The predicted octanol–water partition coefficient (Wildman–Crippen LogP) is 3.13. The largest absolute Gasteiger partial charge is 0.356 e. The van der Waals surface area contributed by atoms with Crippen LogP contribution in [0.2, 0.25) is 0 Å². The molecule has 28 heavy (non-hydrogen) atoms. The van der Waals surface area contributed by atoms with Crippen molar-refractivity contribution in [2.45, 2.75) is 64.3 Å². The second-order valence-corrected chi connectivity index (χ2v) is 8.59. The molecule has 3 saturated heterocycles. The van der Waals surface area contributed by atoms with Crippen LogP contribution in [-0.2, 0) is 4.79 Å². The van der Waals surface area contributed by atoms with Gasteiger partial charge in [0, 0.05) is 44.5 Å². The van der Waals surface area contributed by atoms with Crippen LogP contribution >= 0.6 is 0 Å². The molecule has 0 aromatic rings. The number of likely N-dealkylation sites (tertiary alicyclic amines) is 3. The van der Waals surface area contributed by atoms with Crippen molar-refractivity contribution in [2.75, 3.05) is 39.3 Å². The Kier molecular flexibility index (Phi) is 7.97. The number of amides is 1. The van der Waals surface area contributed by atoms with E-state index < -0.39 is 0 Å². The fraction of sp³-hybridized carbons (Fsp3) is 0.739. The number of aliphatic imine (C=N–C) groups is 1. The molecule has 3 aliphatic rings. The van der Waals surface area contributed by atoms with Gasteiger partial charge >= 0.3 is 0 Å². The summed E-state index contributed by atoms with van der Waals surface area (Å²) in [5, 5.41) is 0. The molecule has 1 amide bonds. The van der Waals surface area contributed by atoms with Crippen LogP contribution < -0.4 is 0 Å². The minimum Gasteiger partial charge on any atom is -0.356 e. The number of carbonyl (C=O) groups excluding carboxylic acids is 1. The van der Waals surface area contributed by atoms with E-state index in [1.165, 1.54) is 45.2 Å². The van der Waals surface area contributed by atoms with E-state index in [9.17, 15) is 4.79 Å². The molecule has 3 heterocycles. The number of terminal acetylenes is 1. The molecule has 5 heteroatoms. The molecule has 1 unspecified atom stereocenters. The van der Waals surface area contributed by atoms with E-state index in [0.29, 0.717) is 18.4 Å². The Labute approximate surface area is 170 Å². The molecule has 0 aromatic carbocycles. The van der Waals surface area contributed by atoms with Gasteiger partial charge in [0.2, 0.25) is 5.91 Å².